The van der Waals surface area contributed by atoms with E-state index in [1.807, 2.05) is 29.2 Å². The lowest BCUT2D eigenvalue weighted by atomic mass is 10.2. The van der Waals surface area contributed by atoms with E-state index in [-0.39, 0.29) is 5.91 Å². The molecule has 0 radical (unpaired) electrons. The zero-order chi connectivity index (χ0) is 14.5. The number of carbonyl (C=O) groups is 1. The molecule has 0 unspecified atom stereocenters. The van der Waals surface area contributed by atoms with Crippen LogP contribution < -0.4 is 0 Å². The van der Waals surface area contributed by atoms with Crippen molar-refractivity contribution < 1.29 is 4.79 Å². The summed E-state index contributed by atoms with van der Waals surface area (Å²) in [5.74, 6) is 0.169. The van der Waals surface area contributed by atoms with Crippen LogP contribution in [-0.2, 0) is 0 Å². The molecule has 1 aliphatic rings. The summed E-state index contributed by atoms with van der Waals surface area (Å²) in [4.78, 5) is 19.1. The lowest BCUT2D eigenvalue weighted by molar-refractivity contribution is 0.0628. The molecule has 0 N–H and O–H groups in total. The Morgan fingerprint density at radius 2 is 1.85 bits per heavy atom. The van der Waals surface area contributed by atoms with E-state index in [9.17, 15) is 4.79 Å². The Labute approximate surface area is 134 Å². The largest absolute Gasteiger partial charge is 0.336 e. The molecule has 1 fully saturated rings. The molecule has 4 nitrogen and oxygen atoms in total. The zero-order valence-electron chi connectivity index (χ0n) is 12.2. The molecule has 1 aromatic carbocycles. The first kappa shape index (κ1) is 15.7. The van der Waals surface area contributed by atoms with Gasteiger partial charge in [0.15, 0.2) is 0 Å². The van der Waals surface area contributed by atoms with Gasteiger partial charge in [0.1, 0.15) is 0 Å². The third-order valence-electron chi connectivity index (χ3n) is 3.63. The van der Waals surface area contributed by atoms with Gasteiger partial charge in [-0.1, -0.05) is 12.1 Å². The average molecular weight is 387 g/mol. The van der Waals surface area contributed by atoms with E-state index >= 15 is 0 Å². The summed E-state index contributed by atoms with van der Waals surface area (Å²) in [6.07, 6.45) is 0. The van der Waals surface area contributed by atoms with Crippen molar-refractivity contribution in [3.8, 4) is 0 Å². The van der Waals surface area contributed by atoms with Crippen LogP contribution in [0.15, 0.2) is 24.3 Å². The molecule has 0 bridgehead atoms. The molecule has 0 atom stereocenters. The summed E-state index contributed by atoms with van der Waals surface area (Å²) >= 11 is 2.23. The minimum atomic E-state index is 0.169. The van der Waals surface area contributed by atoms with Crippen molar-refractivity contribution in [2.75, 3.05) is 53.4 Å². The van der Waals surface area contributed by atoms with Gasteiger partial charge in [-0.2, -0.15) is 0 Å². The molecule has 1 aliphatic heterocycles. The van der Waals surface area contributed by atoms with Gasteiger partial charge in [-0.15, -0.1) is 0 Å². The molecule has 5 heteroatoms. The zero-order valence-corrected chi connectivity index (χ0v) is 14.3. The number of likely N-dealkylation sites (N-methyl/N-ethyl adjacent to an activating group) is 1. The molecule has 0 spiro atoms. The Kier molecular flexibility index (Phi) is 5.80. The van der Waals surface area contributed by atoms with Crippen LogP contribution >= 0.6 is 22.6 Å². The maximum absolute atomic E-state index is 12.5. The molecule has 0 aliphatic carbocycles. The van der Waals surface area contributed by atoms with Gasteiger partial charge in [-0.25, -0.2) is 0 Å². The predicted octanol–water partition coefficient (Wildman–Crippen LogP) is 1.61. The summed E-state index contributed by atoms with van der Waals surface area (Å²) in [5.41, 5.74) is 0.829. The number of amides is 1. The fourth-order valence-electron chi connectivity index (χ4n) is 2.32. The van der Waals surface area contributed by atoms with Crippen LogP contribution in [-0.4, -0.2) is 74.0 Å². The highest BCUT2D eigenvalue weighted by molar-refractivity contribution is 14.1. The van der Waals surface area contributed by atoms with Crippen LogP contribution in [0.25, 0.3) is 0 Å². The highest BCUT2D eigenvalue weighted by Gasteiger charge is 2.22. The smallest absolute Gasteiger partial charge is 0.255 e. The highest BCUT2D eigenvalue weighted by atomic mass is 127. The van der Waals surface area contributed by atoms with E-state index in [1.54, 1.807) is 0 Å². The van der Waals surface area contributed by atoms with Crippen molar-refractivity contribution in [3.63, 3.8) is 0 Å². The van der Waals surface area contributed by atoms with E-state index in [4.69, 9.17) is 0 Å². The van der Waals surface area contributed by atoms with E-state index < -0.39 is 0 Å². The number of benzene rings is 1. The Morgan fingerprint density at radius 1 is 1.20 bits per heavy atom. The number of carbonyl (C=O) groups excluding carboxylic acids is 1. The van der Waals surface area contributed by atoms with Gasteiger partial charge in [0.2, 0.25) is 0 Å². The van der Waals surface area contributed by atoms with E-state index in [2.05, 4.69) is 46.5 Å². The predicted molar refractivity (Wildman–Crippen MR) is 90.1 cm³/mol. The van der Waals surface area contributed by atoms with Gasteiger partial charge in [-0.3, -0.25) is 9.69 Å². The van der Waals surface area contributed by atoms with Crippen LogP contribution in [0, 0.1) is 3.57 Å². The maximum atomic E-state index is 12.5. The van der Waals surface area contributed by atoms with Gasteiger partial charge >= 0.3 is 0 Å². The first-order valence-electron chi connectivity index (χ1n) is 6.99. The van der Waals surface area contributed by atoms with E-state index in [1.165, 1.54) is 0 Å². The lowest BCUT2D eigenvalue weighted by Crippen LogP contribution is -2.50. The van der Waals surface area contributed by atoms with Crippen molar-refractivity contribution in [2.24, 2.45) is 0 Å². The number of piperazine rings is 1. The highest BCUT2D eigenvalue weighted by Crippen LogP contribution is 2.15. The topological polar surface area (TPSA) is 26.8 Å². The fourth-order valence-corrected chi connectivity index (χ4v) is 2.94. The van der Waals surface area contributed by atoms with Gasteiger partial charge in [0.25, 0.3) is 5.91 Å². The molecular formula is C15H22IN3O. The Hall–Kier alpha value is -0.660. The van der Waals surface area contributed by atoms with Crippen LogP contribution in [0.4, 0.5) is 0 Å². The van der Waals surface area contributed by atoms with Crippen LogP contribution in [0.2, 0.25) is 0 Å². The number of rotatable bonds is 4. The van der Waals surface area contributed by atoms with Crippen molar-refractivity contribution in [3.05, 3.63) is 33.4 Å². The third kappa shape index (κ3) is 4.17. The minimum Gasteiger partial charge on any atom is -0.336 e. The molecule has 0 saturated carbocycles. The molecule has 110 valence electrons. The molecule has 1 saturated heterocycles. The Morgan fingerprint density at radius 3 is 2.45 bits per heavy atom. The summed E-state index contributed by atoms with van der Waals surface area (Å²) in [7, 11) is 4.19. The molecule has 20 heavy (non-hydrogen) atoms. The summed E-state index contributed by atoms with van der Waals surface area (Å²) in [5, 5.41) is 0. The molecular weight excluding hydrogens is 365 g/mol. The quantitative estimate of drug-likeness (QED) is 0.735. The van der Waals surface area contributed by atoms with Crippen LogP contribution in [0.1, 0.15) is 10.4 Å². The van der Waals surface area contributed by atoms with Crippen molar-refractivity contribution in [1.29, 1.82) is 0 Å². The first-order chi connectivity index (χ1) is 9.58. The van der Waals surface area contributed by atoms with Crippen LogP contribution in [0.3, 0.4) is 0 Å². The van der Waals surface area contributed by atoms with Gasteiger partial charge in [-0.05, 0) is 48.8 Å². The average Bonchev–Trinajstić information content (AvgIpc) is 2.45. The van der Waals surface area contributed by atoms with Gasteiger partial charge in [0.05, 0.1) is 5.56 Å². The first-order valence-corrected chi connectivity index (χ1v) is 8.06. The Balaban J connectivity index is 1.88. The second-order valence-electron chi connectivity index (χ2n) is 5.42. The fraction of sp³-hybridized carbons (Fsp3) is 0.533. The van der Waals surface area contributed by atoms with Gasteiger partial charge in [0, 0.05) is 42.8 Å². The monoisotopic (exact) mass is 387 g/mol. The number of halogens is 1. The lowest BCUT2D eigenvalue weighted by Gasteiger charge is -2.35. The minimum absolute atomic E-state index is 0.169. The summed E-state index contributed by atoms with van der Waals surface area (Å²) in [6.45, 7) is 5.77. The SMILES string of the molecule is CN(C)CCN1CCN(C(=O)c2ccccc2I)CC1. The van der Waals surface area contributed by atoms with E-state index in [0.717, 1.165) is 48.4 Å². The van der Waals surface area contributed by atoms with Crippen LogP contribution in [0.5, 0.6) is 0 Å². The number of hydrogen-bond acceptors (Lipinski definition) is 3. The second-order valence-corrected chi connectivity index (χ2v) is 6.58. The molecule has 1 heterocycles. The Bertz CT molecular complexity index is 456. The van der Waals surface area contributed by atoms with Crippen molar-refractivity contribution in [2.45, 2.75) is 0 Å². The molecule has 0 aromatic heterocycles. The van der Waals surface area contributed by atoms with Crippen molar-refractivity contribution in [1.82, 2.24) is 14.7 Å². The third-order valence-corrected chi connectivity index (χ3v) is 4.57. The molecule has 1 amide bonds. The summed E-state index contributed by atoms with van der Waals surface area (Å²) < 4.78 is 1.03. The number of hydrogen-bond donors (Lipinski definition) is 0. The molecule has 1 aromatic rings. The normalized spacial score (nSPS) is 16.7. The summed E-state index contributed by atoms with van der Waals surface area (Å²) in [6, 6.07) is 7.81. The maximum Gasteiger partial charge on any atom is 0.255 e. The van der Waals surface area contributed by atoms with E-state index in [0.29, 0.717) is 0 Å². The standard InChI is InChI=1S/C15H22IN3O/c1-17(2)7-8-18-9-11-19(12-10-18)15(20)13-5-3-4-6-14(13)16/h3-6H,7-12H2,1-2H3. The second kappa shape index (κ2) is 7.38. The van der Waals surface area contributed by atoms with Gasteiger partial charge < -0.3 is 9.80 Å². The molecule has 2 rings (SSSR count). The van der Waals surface area contributed by atoms with Crippen molar-refractivity contribution >= 4 is 28.5 Å². The number of nitrogens with zero attached hydrogens (tertiary/aromatic N) is 3.